The molecule has 2 aliphatic rings. The molecular formula is C15H25NO4S. The average molecular weight is 315 g/mol. The van der Waals surface area contributed by atoms with E-state index in [1.165, 1.54) is 13.8 Å². The van der Waals surface area contributed by atoms with Crippen molar-refractivity contribution in [2.24, 2.45) is 5.92 Å². The molecule has 1 heterocycles. The van der Waals surface area contributed by atoms with Gasteiger partial charge < -0.3 is 4.90 Å². The fourth-order valence-electron chi connectivity index (χ4n) is 3.38. The zero-order chi connectivity index (χ0) is 15.8. The minimum absolute atomic E-state index is 0.0930. The third-order valence-corrected chi connectivity index (χ3v) is 7.10. The Morgan fingerprint density at radius 3 is 2.38 bits per heavy atom. The Morgan fingerprint density at radius 2 is 1.86 bits per heavy atom. The summed E-state index contributed by atoms with van der Waals surface area (Å²) in [6.45, 7) is 3.49. The predicted octanol–water partition coefficient (Wildman–Crippen LogP) is 1.56. The van der Waals surface area contributed by atoms with Gasteiger partial charge in [0.05, 0.1) is 0 Å². The predicted molar refractivity (Wildman–Crippen MR) is 80.6 cm³/mol. The number of carbonyl (C=O) groups is 2. The van der Waals surface area contributed by atoms with Crippen LogP contribution in [-0.4, -0.2) is 48.6 Å². The van der Waals surface area contributed by atoms with Crippen molar-refractivity contribution < 1.29 is 18.0 Å². The van der Waals surface area contributed by atoms with Crippen molar-refractivity contribution in [3.05, 3.63) is 0 Å². The molecule has 1 aliphatic carbocycles. The molecule has 1 saturated carbocycles. The Labute approximate surface area is 127 Å². The van der Waals surface area contributed by atoms with Gasteiger partial charge in [0.25, 0.3) is 0 Å². The van der Waals surface area contributed by atoms with Crippen molar-refractivity contribution in [3.63, 3.8) is 0 Å². The van der Waals surface area contributed by atoms with Crippen LogP contribution in [0.1, 0.15) is 52.4 Å². The van der Waals surface area contributed by atoms with E-state index in [2.05, 4.69) is 0 Å². The molecule has 0 N–H and O–H groups in total. The zero-order valence-corrected chi connectivity index (χ0v) is 13.9. The summed E-state index contributed by atoms with van der Waals surface area (Å²) in [4.78, 5) is 26.5. The summed E-state index contributed by atoms with van der Waals surface area (Å²) in [7, 11) is -3.49. The Kier molecular flexibility index (Phi) is 4.47. The third kappa shape index (κ3) is 3.00. The quantitative estimate of drug-likeness (QED) is 0.792. The molecule has 2 unspecified atom stereocenters. The van der Waals surface area contributed by atoms with Gasteiger partial charge in [0.1, 0.15) is 10.5 Å². The van der Waals surface area contributed by atoms with Gasteiger partial charge in [0.15, 0.2) is 9.84 Å². The fraction of sp³-hybridized carbons (Fsp3) is 0.867. The van der Waals surface area contributed by atoms with Gasteiger partial charge in [-0.15, -0.1) is 0 Å². The highest BCUT2D eigenvalue weighted by molar-refractivity contribution is 7.92. The molecule has 0 aromatic carbocycles. The minimum Gasteiger partial charge on any atom is -0.338 e. The summed E-state index contributed by atoms with van der Waals surface area (Å²) in [5.41, 5.74) is 0. The minimum atomic E-state index is -3.49. The number of nitrogens with zero attached hydrogens (tertiary/aromatic N) is 1. The number of amides is 1. The first-order chi connectivity index (χ1) is 9.66. The smallest absolute Gasteiger partial charge is 0.243 e. The largest absolute Gasteiger partial charge is 0.338 e. The van der Waals surface area contributed by atoms with Gasteiger partial charge in [0, 0.05) is 31.2 Å². The maximum atomic E-state index is 12.8. The van der Waals surface area contributed by atoms with Crippen molar-refractivity contribution >= 4 is 21.5 Å². The van der Waals surface area contributed by atoms with E-state index in [4.69, 9.17) is 0 Å². The van der Waals surface area contributed by atoms with Gasteiger partial charge in [-0.1, -0.05) is 0 Å². The number of Topliss-reactive ketones (excluding diaryl/α,β-unsaturated/α-hetero) is 1. The lowest BCUT2D eigenvalue weighted by molar-refractivity contribution is -0.139. The lowest BCUT2D eigenvalue weighted by atomic mass is 9.87. The van der Waals surface area contributed by atoms with Gasteiger partial charge in [-0.25, -0.2) is 8.42 Å². The molecule has 5 nitrogen and oxygen atoms in total. The second-order valence-corrected chi connectivity index (χ2v) is 9.37. The summed E-state index contributed by atoms with van der Waals surface area (Å²) < 4.78 is 22.4. The second-order valence-electron chi connectivity index (χ2n) is 6.81. The SMILES string of the molecule is CC(C)(C(=O)N1CCCCC1C1CCCC1=O)S(C)(=O)=O. The number of carbonyl (C=O) groups excluding carboxylic acids is 2. The maximum absolute atomic E-state index is 12.8. The lowest BCUT2D eigenvalue weighted by Gasteiger charge is -2.42. The van der Waals surface area contributed by atoms with E-state index in [1.54, 1.807) is 4.90 Å². The van der Waals surface area contributed by atoms with Gasteiger partial charge in [-0.05, 0) is 46.0 Å². The summed E-state index contributed by atoms with van der Waals surface area (Å²) in [5.74, 6) is -0.212. The fourth-order valence-corrected chi connectivity index (χ4v) is 3.82. The summed E-state index contributed by atoms with van der Waals surface area (Å²) in [6.07, 6.45) is 6.09. The number of likely N-dealkylation sites (tertiary alicyclic amines) is 1. The van der Waals surface area contributed by atoms with Crippen LogP contribution in [0.3, 0.4) is 0 Å². The lowest BCUT2D eigenvalue weighted by Crippen LogP contribution is -2.56. The first-order valence-corrected chi connectivity index (χ1v) is 9.59. The highest BCUT2D eigenvalue weighted by Crippen LogP contribution is 2.34. The third-order valence-electron chi connectivity index (χ3n) is 5.07. The van der Waals surface area contributed by atoms with E-state index in [0.717, 1.165) is 38.4 Å². The van der Waals surface area contributed by atoms with E-state index >= 15 is 0 Å². The van der Waals surface area contributed by atoms with Gasteiger partial charge >= 0.3 is 0 Å². The standard InChI is InChI=1S/C15H25NO4S/c1-15(2,21(3,19)20)14(18)16-10-5-4-8-12(16)11-7-6-9-13(11)17/h11-12H,4-10H2,1-3H3. The van der Waals surface area contributed by atoms with Crippen molar-refractivity contribution in [2.75, 3.05) is 12.8 Å². The van der Waals surface area contributed by atoms with Gasteiger partial charge in [-0.2, -0.15) is 0 Å². The van der Waals surface area contributed by atoms with Crippen LogP contribution >= 0.6 is 0 Å². The first-order valence-electron chi connectivity index (χ1n) is 7.69. The van der Waals surface area contributed by atoms with Crippen molar-refractivity contribution in [1.82, 2.24) is 4.90 Å². The Bertz CT molecular complexity index is 538. The van der Waals surface area contributed by atoms with Crippen LogP contribution in [0.4, 0.5) is 0 Å². The Morgan fingerprint density at radius 1 is 1.19 bits per heavy atom. The number of piperidine rings is 1. The number of ketones is 1. The summed E-state index contributed by atoms with van der Waals surface area (Å²) in [6, 6.07) is -0.109. The summed E-state index contributed by atoms with van der Waals surface area (Å²) >= 11 is 0. The number of hydrogen-bond donors (Lipinski definition) is 0. The van der Waals surface area contributed by atoms with Crippen LogP contribution < -0.4 is 0 Å². The van der Waals surface area contributed by atoms with Crippen LogP contribution in [0.25, 0.3) is 0 Å². The van der Waals surface area contributed by atoms with Crippen molar-refractivity contribution in [3.8, 4) is 0 Å². The molecule has 0 spiro atoms. The molecule has 0 bridgehead atoms. The molecule has 120 valence electrons. The van der Waals surface area contributed by atoms with Crippen molar-refractivity contribution in [1.29, 1.82) is 0 Å². The van der Waals surface area contributed by atoms with Gasteiger partial charge in [0.2, 0.25) is 5.91 Å². The van der Waals surface area contributed by atoms with Gasteiger partial charge in [-0.3, -0.25) is 9.59 Å². The van der Waals surface area contributed by atoms with Crippen LogP contribution in [0.15, 0.2) is 0 Å². The van der Waals surface area contributed by atoms with E-state index in [0.29, 0.717) is 13.0 Å². The molecule has 0 aromatic heterocycles. The molecule has 1 saturated heterocycles. The molecule has 6 heteroatoms. The number of sulfone groups is 1. The van der Waals surface area contributed by atoms with E-state index in [1.807, 2.05) is 0 Å². The molecule has 2 fully saturated rings. The van der Waals surface area contributed by atoms with E-state index in [-0.39, 0.29) is 23.7 Å². The Balaban J connectivity index is 2.27. The monoisotopic (exact) mass is 315 g/mol. The Hall–Kier alpha value is -0.910. The maximum Gasteiger partial charge on any atom is 0.243 e. The summed E-state index contributed by atoms with van der Waals surface area (Å²) in [5, 5.41) is 0. The normalized spacial score (nSPS) is 28.0. The highest BCUT2D eigenvalue weighted by Gasteiger charge is 2.46. The number of rotatable bonds is 3. The molecule has 1 aliphatic heterocycles. The number of hydrogen-bond acceptors (Lipinski definition) is 4. The molecule has 21 heavy (non-hydrogen) atoms. The highest BCUT2D eigenvalue weighted by atomic mass is 32.2. The molecule has 2 atom stereocenters. The zero-order valence-electron chi connectivity index (χ0n) is 13.1. The molecular weight excluding hydrogens is 290 g/mol. The molecule has 0 radical (unpaired) electrons. The van der Waals surface area contributed by atoms with Crippen LogP contribution in [-0.2, 0) is 19.4 Å². The van der Waals surface area contributed by atoms with Crippen LogP contribution in [0, 0.1) is 5.92 Å². The van der Waals surface area contributed by atoms with Crippen molar-refractivity contribution in [2.45, 2.75) is 63.2 Å². The molecule has 2 rings (SSSR count). The van der Waals surface area contributed by atoms with E-state index in [9.17, 15) is 18.0 Å². The van der Waals surface area contributed by atoms with Crippen LogP contribution in [0.5, 0.6) is 0 Å². The topological polar surface area (TPSA) is 71.5 Å². The average Bonchev–Trinajstić information content (AvgIpc) is 2.82. The molecule has 1 amide bonds. The van der Waals surface area contributed by atoms with Crippen LogP contribution in [0.2, 0.25) is 0 Å². The van der Waals surface area contributed by atoms with E-state index < -0.39 is 14.6 Å². The first kappa shape index (κ1) is 16.5. The molecule has 0 aromatic rings. The second kappa shape index (κ2) is 5.71.